The summed E-state index contributed by atoms with van der Waals surface area (Å²) in [6.45, 7) is 4.72. The average Bonchev–Trinajstić information content (AvgIpc) is 3.30. The lowest BCUT2D eigenvalue weighted by Gasteiger charge is -2.19. The van der Waals surface area contributed by atoms with E-state index in [9.17, 15) is 31.5 Å². The first kappa shape index (κ1) is 19.7. The van der Waals surface area contributed by atoms with Crippen LogP contribution >= 0.6 is 0 Å². The largest absolute Gasteiger partial charge is 0.454 e. The molecule has 0 bridgehead atoms. The average molecular weight is 422 g/mol. The maximum absolute atomic E-state index is 14.0. The molecule has 7 nitrogen and oxygen atoms in total. The summed E-state index contributed by atoms with van der Waals surface area (Å²) >= 11 is 0. The molecule has 0 aromatic heterocycles. The van der Waals surface area contributed by atoms with Crippen molar-refractivity contribution in [3.8, 4) is 0 Å². The second kappa shape index (κ2) is 6.75. The minimum absolute atomic E-state index is 0.0123. The van der Waals surface area contributed by atoms with Gasteiger partial charge in [0.05, 0.1) is 5.56 Å². The van der Waals surface area contributed by atoms with Crippen molar-refractivity contribution in [3.63, 3.8) is 0 Å². The standard InChI is InChI=1S/C17H11F5O7/c1-3(2)14(23)26-12-10-11(25-15(12)24)13-17(27-10)29-16(28-13)4-5(18)7(20)9(22)8(21)6(4)19/h10-13,16-17H,1H2,2H3/t10-,11-,12-,13+,16?,17+/m0/s1. The number of benzene rings is 1. The molecule has 0 spiro atoms. The fraction of sp³-hybridized carbons (Fsp3) is 0.412. The highest BCUT2D eigenvalue weighted by molar-refractivity contribution is 5.90. The number of esters is 2. The molecule has 1 unspecified atom stereocenters. The maximum atomic E-state index is 14.0. The Labute approximate surface area is 158 Å². The maximum Gasteiger partial charge on any atom is 0.350 e. The van der Waals surface area contributed by atoms with Gasteiger partial charge in [-0.2, -0.15) is 0 Å². The molecule has 0 aliphatic carbocycles. The van der Waals surface area contributed by atoms with Gasteiger partial charge in [-0.15, -0.1) is 0 Å². The lowest BCUT2D eigenvalue weighted by molar-refractivity contribution is -0.183. The Hall–Kier alpha value is -2.57. The van der Waals surface area contributed by atoms with Crippen LogP contribution in [0.4, 0.5) is 22.0 Å². The number of rotatable bonds is 3. The Morgan fingerprint density at radius 2 is 1.48 bits per heavy atom. The van der Waals surface area contributed by atoms with Crippen LogP contribution < -0.4 is 0 Å². The van der Waals surface area contributed by atoms with Gasteiger partial charge in [0.15, 0.2) is 48.1 Å². The molecule has 3 heterocycles. The molecular formula is C17H11F5O7. The van der Waals surface area contributed by atoms with Crippen molar-refractivity contribution in [2.45, 2.75) is 43.9 Å². The predicted octanol–water partition coefficient (Wildman–Crippen LogP) is 1.93. The first-order chi connectivity index (χ1) is 13.6. The molecule has 3 fully saturated rings. The van der Waals surface area contributed by atoms with E-state index in [-0.39, 0.29) is 5.57 Å². The van der Waals surface area contributed by atoms with Gasteiger partial charge >= 0.3 is 11.9 Å². The topological polar surface area (TPSA) is 80.3 Å². The van der Waals surface area contributed by atoms with E-state index < -0.39 is 83.6 Å². The minimum Gasteiger partial charge on any atom is -0.454 e. The van der Waals surface area contributed by atoms with E-state index in [4.69, 9.17) is 23.7 Å². The third kappa shape index (κ3) is 2.90. The molecule has 6 atom stereocenters. The van der Waals surface area contributed by atoms with Crippen LogP contribution in [-0.2, 0) is 33.3 Å². The van der Waals surface area contributed by atoms with Crippen molar-refractivity contribution in [1.82, 2.24) is 0 Å². The third-order valence-corrected chi connectivity index (χ3v) is 4.59. The van der Waals surface area contributed by atoms with Crippen LogP contribution in [0.2, 0.25) is 0 Å². The number of halogens is 5. The monoisotopic (exact) mass is 422 g/mol. The number of hydrogen-bond donors (Lipinski definition) is 0. The molecule has 1 aromatic carbocycles. The van der Waals surface area contributed by atoms with E-state index in [1.807, 2.05) is 0 Å². The quantitative estimate of drug-likeness (QED) is 0.242. The van der Waals surface area contributed by atoms with Crippen LogP contribution in [-0.4, -0.2) is 42.6 Å². The summed E-state index contributed by atoms with van der Waals surface area (Å²) < 4.78 is 93.7. The van der Waals surface area contributed by atoms with Crippen LogP contribution in [0.15, 0.2) is 12.2 Å². The fourth-order valence-corrected chi connectivity index (χ4v) is 3.21. The summed E-state index contributed by atoms with van der Waals surface area (Å²) in [5, 5.41) is 0. The van der Waals surface area contributed by atoms with Crippen LogP contribution in [0.25, 0.3) is 0 Å². The number of ether oxygens (including phenoxy) is 5. The summed E-state index contributed by atoms with van der Waals surface area (Å²) in [4.78, 5) is 23.6. The molecule has 3 aliphatic heterocycles. The highest BCUT2D eigenvalue weighted by Gasteiger charge is 2.63. The lowest BCUT2D eigenvalue weighted by Crippen LogP contribution is -2.36. The Bertz CT molecular complexity index is 906. The van der Waals surface area contributed by atoms with E-state index in [0.29, 0.717) is 0 Å². The van der Waals surface area contributed by atoms with Gasteiger partial charge in [-0.25, -0.2) is 31.5 Å². The zero-order chi connectivity index (χ0) is 21.2. The molecular weight excluding hydrogens is 411 g/mol. The van der Waals surface area contributed by atoms with Crippen molar-refractivity contribution < 1.29 is 55.2 Å². The van der Waals surface area contributed by atoms with Gasteiger partial charge < -0.3 is 23.7 Å². The molecule has 29 heavy (non-hydrogen) atoms. The minimum atomic E-state index is -2.33. The summed E-state index contributed by atoms with van der Waals surface area (Å²) in [6, 6.07) is 0. The molecule has 0 N–H and O–H groups in total. The number of carbonyl (C=O) groups is 2. The highest BCUT2D eigenvalue weighted by Crippen LogP contribution is 2.45. The van der Waals surface area contributed by atoms with Gasteiger partial charge in [-0.3, -0.25) is 0 Å². The van der Waals surface area contributed by atoms with Gasteiger partial charge in [0, 0.05) is 5.57 Å². The molecule has 156 valence electrons. The van der Waals surface area contributed by atoms with Crippen LogP contribution in [0.1, 0.15) is 18.8 Å². The summed E-state index contributed by atoms with van der Waals surface area (Å²) in [6.07, 6.45) is -8.44. The zero-order valence-corrected chi connectivity index (χ0v) is 14.4. The van der Waals surface area contributed by atoms with E-state index in [2.05, 4.69) is 6.58 Å². The van der Waals surface area contributed by atoms with E-state index in [1.165, 1.54) is 6.92 Å². The van der Waals surface area contributed by atoms with E-state index >= 15 is 0 Å². The van der Waals surface area contributed by atoms with Gasteiger partial charge in [0.1, 0.15) is 6.10 Å². The predicted molar refractivity (Wildman–Crippen MR) is 78.2 cm³/mol. The van der Waals surface area contributed by atoms with Gasteiger partial charge in [-0.05, 0) is 6.92 Å². The van der Waals surface area contributed by atoms with Crippen molar-refractivity contribution >= 4 is 11.9 Å². The number of hydrogen-bond acceptors (Lipinski definition) is 7. The zero-order valence-electron chi connectivity index (χ0n) is 14.4. The summed E-state index contributed by atoms with van der Waals surface area (Å²) in [5.74, 6) is -12.8. The van der Waals surface area contributed by atoms with E-state index in [0.717, 1.165) is 0 Å². The second-order valence-corrected chi connectivity index (χ2v) is 6.53. The molecule has 0 saturated carbocycles. The molecule has 4 rings (SSSR count). The molecule has 3 saturated heterocycles. The Kier molecular flexibility index (Phi) is 4.59. The molecule has 12 heteroatoms. The van der Waals surface area contributed by atoms with Crippen molar-refractivity contribution in [1.29, 1.82) is 0 Å². The third-order valence-electron chi connectivity index (χ3n) is 4.59. The summed E-state index contributed by atoms with van der Waals surface area (Å²) in [7, 11) is 0. The second-order valence-electron chi connectivity index (χ2n) is 6.53. The van der Waals surface area contributed by atoms with Gasteiger partial charge in [0.25, 0.3) is 0 Å². The Morgan fingerprint density at radius 3 is 2.07 bits per heavy atom. The highest BCUT2D eigenvalue weighted by atomic mass is 19.2. The van der Waals surface area contributed by atoms with E-state index in [1.54, 1.807) is 0 Å². The molecule has 1 aromatic rings. The first-order valence-electron chi connectivity index (χ1n) is 8.16. The van der Waals surface area contributed by atoms with Crippen LogP contribution in [0, 0.1) is 29.1 Å². The Morgan fingerprint density at radius 1 is 0.897 bits per heavy atom. The first-order valence-corrected chi connectivity index (χ1v) is 8.16. The van der Waals surface area contributed by atoms with Gasteiger partial charge in [-0.1, -0.05) is 6.58 Å². The normalized spacial score (nSPS) is 32.7. The number of fused-ring (bicyclic) bond motifs is 3. The SMILES string of the molecule is C=C(C)C(=O)O[C@@H]1C(=O)O[C@@H]2[C@H]3OC(c4c(F)c(F)c(F)c(F)c4F)O[C@H]3O[C@@H]21. The van der Waals surface area contributed by atoms with Crippen molar-refractivity contribution in [2.75, 3.05) is 0 Å². The van der Waals surface area contributed by atoms with Gasteiger partial charge in [0.2, 0.25) is 11.9 Å². The van der Waals surface area contributed by atoms with Crippen molar-refractivity contribution in [2.24, 2.45) is 0 Å². The fourth-order valence-electron chi connectivity index (χ4n) is 3.21. The smallest absolute Gasteiger partial charge is 0.350 e. The van der Waals surface area contributed by atoms with Crippen molar-refractivity contribution in [3.05, 3.63) is 46.8 Å². The van der Waals surface area contributed by atoms with Crippen LogP contribution in [0.5, 0.6) is 0 Å². The number of carbonyl (C=O) groups excluding carboxylic acids is 2. The molecule has 0 radical (unpaired) electrons. The Balaban J connectivity index is 1.56. The lowest BCUT2D eigenvalue weighted by atomic mass is 10.1. The summed E-state index contributed by atoms with van der Waals surface area (Å²) in [5.41, 5.74) is -1.33. The molecule has 3 aliphatic rings. The molecule has 0 amide bonds. The van der Waals surface area contributed by atoms with Crippen LogP contribution in [0.3, 0.4) is 0 Å².